The predicted molar refractivity (Wildman–Crippen MR) is 75.6 cm³/mol. The van der Waals surface area contributed by atoms with Crippen LogP contribution < -0.4 is 5.73 Å². The first kappa shape index (κ1) is 14.1. The molecule has 2 rings (SSSR count). The second-order valence-corrected chi connectivity index (χ2v) is 6.75. The highest BCUT2D eigenvalue weighted by molar-refractivity contribution is 7.91. The second kappa shape index (κ2) is 5.74. The number of hydrogen-bond donors (Lipinski definition) is 1. The SMILES string of the molecule is [NH3+]C[C@@H](c1ccc(Cl)cc1)S(=O)(=O)c1ccccc1. The Hall–Kier alpha value is -1.36. The smallest absolute Gasteiger partial charge is 0.190 e. The number of rotatable bonds is 4. The van der Waals surface area contributed by atoms with Crippen LogP contribution in [0.25, 0.3) is 0 Å². The van der Waals surface area contributed by atoms with Crippen LogP contribution in [0.3, 0.4) is 0 Å². The van der Waals surface area contributed by atoms with Crippen molar-refractivity contribution in [2.24, 2.45) is 0 Å². The molecule has 0 spiro atoms. The third-order valence-electron chi connectivity index (χ3n) is 2.95. The van der Waals surface area contributed by atoms with Crippen molar-refractivity contribution < 1.29 is 14.2 Å². The fourth-order valence-corrected chi connectivity index (χ4v) is 3.77. The van der Waals surface area contributed by atoms with E-state index in [0.717, 1.165) is 0 Å². The Labute approximate surface area is 117 Å². The molecule has 0 fully saturated rings. The summed E-state index contributed by atoms with van der Waals surface area (Å²) in [6.07, 6.45) is 0. The van der Waals surface area contributed by atoms with Gasteiger partial charge in [0.05, 0.1) is 11.4 Å². The maximum Gasteiger partial charge on any atom is 0.190 e. The molecule has 2 aromatic rings. The minimum Gasteiger partial charge on any atom is -0.356 e. The summed E-state index contributed by atoms with van der Waals surface area (Å²) < 4.78 is 25.2. The lowest BCUT2D eigenvalue weighted by molar-refractivity contribution is -0.367. The van der Waals surface area contributed by atoms with Crippen LogP contribution in [0, 0.1) is 0 Å². The number of halogens is 1. The van der Waals surface area contributed by atoms with E-state index in [1.165, 1.54) is 0 Å². The third kappa shape index (κ3) is 2.97. The average Bonchev–Trinajstić information content (AvgIpc) is 2.42. The van der Waals surface area contributed by atoms with Crippen molar-refractivity contribution in [1.82, 2.24) is 0 Å². The highest BCUT2D eigenvalue weighted by atomic mass is 35.5. The van der Waals surface area contributed by atoms with E-state index in [1.54, 1.807) is 54.6 Å². The van der Waals surface area contributed by atoms with Crippen molar-refractivity contribution in [2.75, 3.05) is 6.54 Å². The van der Waals surface area contributed by atoms with Crippen molar-refractivity contribution in [3.05, 3.63) is 65.2 Å². The molecule has 0 unspecified atom stereocenters. The van der Waals surface area contributed by atoms with Crippen LogP contribution >= 0.6 is 11.6 Å². The van der Waals surface area contributed by atoms with E-state index in [-0.39, 0.29) is 6.54 Å². The van der Waals surface area contributed by atoms with Gasteiger partial charge in [-0.1, -0.05) is 41.9 Å². The van der Waals surface area contributed by atoms with Crippen LogP contribution in [0.4, 0.5) is 0 Å². The van der Waals surface area contributed by atoms with Crippen LogP contribution in [0.1, 0.15) is 10.8 Å². The lowest BCUT2D eigenvalue weighted by atomic mass is 10.1. The Kier molecular flexibility index (Phi) is 4.24. The van der Waals surface area contributed by atoms with E-state index >= 15 is 0 Å². The van der Waals surface area contributed by atoms with Gasteiger partial charge in [0.1, 0.15) is 5.25 Å². The van der Waals surface area contributed by atoms with Crippen molar-refractivity contribution in [1.29, 1.82) is 0 Å². The van der Waals surface area contributed by atoms with Gasteiger partial charge in [0, 0.05) is 5.02 Å². The number of hydrogen-bond acceptors (Lipinski definition) is 2. The minimum absolute atomic E-state index is 0.277. The molecular weight excluding hydrogens is 282 g/mol. The summed E-state index contributed by atoms with van der Waals surface area (Å²) in [5.41, 5.74) is 4.48. The third-order valence-corrected chi connectivity index (χ3v) is 5.39. The Morgan fingerprint density at radius 3 is 2.11 bits per heavy atom. The van der Waals surface area contributed by atoms with Crippen LogP contribution in [0.15, 0.2) is 59.5 Å². The number of benzene rings is 2. The van der Waals surface area contributed by atoms with Gasteiger partial charge in [0.25, 0.3) is 0 Å². The normalized spacial score (nSPS) is 13.2. The summed E-state index contributed by atoms with van der Waals surface area (Å²) in [6.45, 7) is 0.277. The monoisotopic (exact) mass is 296 g/mol. The maximum absolute atomic E-state index is 12.6. The van der Waals surface area contributed by atoms with Crippen LogP contribution in [-0.4, -0.2) is 15.0 Å². The topological polar surface area (TPSA) is 61.8 Å². The largest absolute Gasteiger partial charge is 0.356 e. The molecule has 5 heteroatoms. The molecule has 3 nitrogen and oxygen atoms in total. The summed E-state index contributed by atoms with van der Waals surface area (Å²) in [7, 11) is -3.42. The van der Waals surface area contributed by atoms with Gasteiger partial charge in [0.15, 0.2) is 9.84 Å². The number of sulfone groups is 1. The van der Waals surface area contributed by atoms with Gasteiger partial charge in [-0.15, -0.1) is 0 Å². The van der Waals surface area contributed by atoms with Gasteiger partial charge in [-0.05, 0) is 29.8 Å². The van der Waals surface area contributed by atoms with Gasteiger partial charge >= 0.3 is 0 Å². The standard InChI is InChI=1S/C14H14ClNO2S/c15-12-8-6-11(7-9-12)14(10-16)19(17,18)13-4-2-1-3-5-13/h1-9,14H,10,16H2/p+1/t14-/m0/s1. The zero-order valence-electron chi connectivity index (χ0n) is 10.3. The van der Waals surface area contributed by atoms with E-state index in [4.69, 9.17) is 11.6 Å². The Balaban J connectivity index is 2.45. The zero-order valence-corrected chi connectivity index (χ0v) is 11.9. The zero-order chi connectivity index (χ0) is 13.9. The van der Waals surface area contributed by atoms with E-state index in [0.29, 0.717) is 15.5 Å². The first-order valence-corrected chi connectivity index (χ1v) is 7.82. The molecule has 0 heterocycles. The molecule has 100 valence electrons. The molecule has 0 aromatic heterocycles. The molecule has 0 saturated carbocycles. The van der Waals surface area contributed by atoms with Gasteiger partial charge in [-0.3, -0.25) is 0 Å². The molecule has 1 atom stereocenters. The van der Waals surface area contributed by atoms with Gasteiger partial charge in [0.2, 0.25) is 0 Å². The van der Waals surface area contributed by atoms with Gasteiger partial charge in [-0.25, -0.2) is 8.42 Å². The minimum atomic E-state index is -3.42. The second-order valence-electron chi connectivity index (χ2n) is 4.19. The van der Waals surface area contributed by atoms with E-state index < -0.39 is 15.1 Å². The Morgan fingerprint density at radius 2 is 1.58 bits per heavy atom. The fraction of sp³-hybridized carbons (Fsp3) is 0.143. The van der Waals surface area contributed by atoms with E-state index in [1.807, 2.05) is 0 Å². The van der Waals surface area contributed by atoms with Crippen LogP contribution in [0.2, 0.25) is 5.02 Å². The first-order valence-electron chi connectivity index (χ1n) is 5.89. The summed E-state index contributed by atoms with van der Waals surface area (Å²) in [5, 5.41) is -0.0594. The van der Waals surface area contributed by atoms with Crippen LogP contribution in [-0.2, 0) is 9.84 Å². The van der Waals surface area contributed by atoms with Crippen LogP contribution in [0.5, 0.6) is 0 Å². The van der Waals surface area contributed by atoms with Gasteiger partial charge in [-0.2, -0.15) is 0 Å². The summed E-state index contributed by atoms with van der Waals surface area (Å²) >= 11 is 5.83. The molecule has 0 aliphatic carbocycles. The lowest BCUT2D eigenvalue weighted by Gasteiger charge is -2.14. The van der Waals surface area contributed by atoms with Gasteiger partial charge < -0.3 is 5.73 Å². The Bertz CT molecular complexity index is 639. The molecular formula is C14H15ClNO2S+. The molecule has 0 radical (unpaired) electrons. The summed E-state index contributed by atoms with van der Waals surface area (Å²) in [4.78, 5) is 0.318. The fourth-order valence-electron chi connectivity index (χ4n) is 1.95. The van der Waals surface area contributed by atoms with Crippen molar-refractivity contribution in [3.63, 3.8) is 0 Å². The molecule has 0 saturated heterocycles. The van der Waals surface area contributed by atoms with Crippen molar-refractivity contribution >= 4 is 21.4 Å². The number of quaternary nitrogens is 1. The molecule has 3 N–H and O–H groups in total. The quantitative estimate of drug-likeness (QED) is 0.939. The lowest BCUT2D eigenvalue weighted by Crippen LogP contribution is -2.54. The highest BCUT2D eigenvalue weighted by Gasteiger charge is 2.29. The summed E-state index contributed by atoms with van der Waals surface area (Å²) in [5.74, 6) is 0. The predicted octanol–water partition coefficient (Wildman–Crippen LogP) is 2.10. The van der Waals surface area contributed by atoms with E-state index in [2.05, 4.69) is 5.73 Å². The molecule has 0 aliphatic rings. The average molecular weight is 297 g/mol. The first-order chi connectivity index (χ1) is 9.05. The molecule has 19 heavy (non-hydrogen) atoms. The molecule has 0 aliphatic heterocycles. The van der Waals surface area contributed by atoms with Crippen molar-refractivity contribution in [2.45, 2.75) is 10.1 Å². The van der Waals surface area contributed by atoms with E-state index in [9.17, 15) is 8.42 Å². The van der Waals surface area contributed by atoms with Crippen molar-refractivity contribution in [3.8, 4) is 0 Å². The highest BCUT2D eigenvalue weighted by Crippen LogP contribution is 2.28. The molecule has 0 bridgehead atoms. The summed E-state index contributed by atoms with van der Waals surface area (Å²) in [6, 6.07) is 15.3. The molecule has 2 aromatic carbocycles. The molecule has 0 amide bonds. The Morgan fingerprint density at radius 1 is 1.00 bits per heavy atom. The maximum atomic E-state index is 12.6.